The maximum Gasteiger partial charge on any atom is -0.0388 e. The average Bonchev–Trinajstić information content (AvgIpc) is 2.56. The van der Waals surface area contributed by atoms with Gasteiger partial charge in [-0.3, -0.25) is 0 Å². The summed E-state index contributed by atoms with van der Waals surface area (Å²) in [5.74, 6) is 3.89. The van der Waals surface area contributed by atoms with Gasteiger partial charge in [-0.2, -0.15) is 0 Å². The van der Waals surface area contributed by atoms with E-state index in [0.29, 0.717) is 0 Å². The molecule has 0 radical (unpaired) electrons. The van der Waals surface area contributed by atoms with Gasteiger partial charge < -0.3 is 0 Å². The molecule has 1 rings (SSSR count). The normalized spacial score (nSPS) is 27.7. The molecule has 13 heavy (non-hydrogen) atoms. The largest absolute Gasteiger partial charge is 0.0683 e. The van der Waals surface area contributed by atoms with E-state index in [1.165, 1.54) is 19.3 Å². The zero-order valence-electron chi connectivity index (χ0n) is 10.4. The Bertz CT molecular complexity index is 99.2. The van der Waals surface area contributed by atoms with E-state index in [1.807, 2.05) is 13.8 Å². The van der Waals surface area contributed by atoms with Crippen LogP contribution < -0.4 is 0 Å². The van der Waals surface area contributed by atoms with E-state index in [-0.39, 0.29) is 0 Å². The molecule has 1 aliphatic carbocycles. The molecule has 0 N–H and O–H groups in total. The van der Waals surface area contributed by atoms with Crippen molar-refractivity contribution in [1.29, 1.82) is 0 Å². The van der Waals surface area contributed by atoms with Gasteiger partial charge in [0.15, 0.2) is 0 Å². The summed E-state index contributed by atoms with van der Waals surface area (Å²) in [6.07, 6.45) is 4.47. The van der Waals surface area contributed by atoms with Gasteiger partial charge in [-0.15, -0.1) is 0 Å². The van der Waals surface area contributed by atoms with E-state index >= 15 is 0 Å². The fourth-order valence-electron chi connectivity index (χ4n) is 2.26. The summed E-state index contributed by atoms with van der Waals surface area (Å²) in [4.78, 5) is 0. The third kappa shape index (κ3) is 4.15. The summed E-state index contributed by atoms with van der Waals surface area (Å²) in [6, 6.07) is 0. The van der Waals surface area contributed by atoms with Crippen molar-refractivity contribution in [1.82, 2.24) is 0 Å². The highest BCUT2D eigenvalue weighted by Crippen LogP contribution is 2.38. The summed E-state index contributed by atoms with van der Waals surface area (Å²) >= 11 is 0. The van der Waals surface area contributed by atoms with Crippen molar-refractivity contribution < 1.29 is 0 Å². The molecule has 0 aromatic carbocycles. The van der Waals surface area contributed by atoms with Crippen molar-refractivity contribution in [2.24, 2.45) is 23.7 Å². The van der Waals surface area contributed by atoms with Gasteiger partial charge in [0.05, 0.1) is 0 Å². The van der Waals surface area contributed by atoms with Gasteiger partial charge in [-0.25, -0.2) is 0 Å². The third-order valence-corrected chi connectivity index (χ3v) is 3.40. The summed E-state index contributed by atoms with van der Waals surface area (Å²) in [6.45, 7) is 13.5. The van der Waals surface area contributed by atoms with Crippen LogP contribution in [0, 0.1) is 23.7 Å². The molecule has 0 heterocycles. The minimum absolute atomic E-state index is 0.916. The third-order valence-electron chi connectivity index (χ3n) is 3.40. The maximum absolute atomic E-state index is 2.37. The van der Waals surface area contributed by atoms with Crippen LogP contribution in [-0.4, -0.2) is 0 Å². The summed E-state index contributed by atoms with van der Waals surface area (Å²) in [5, 5.41) is 0. The highest BCUT2D eigenvalue weighted by atomic mass is 14.3. The lowest BCUT2D eigenvalue weighted by Crippen LogP contribution is -2.07. The molecule has 0 bridgehead atoms. The van der Waals surface area contributed by atoms with E-state index < -0.39 is 0 Å². The quantitative estimate of drug-likeness (QED) is 0.581. The summed E-state index contributed by atoms with van der Waals surface area (Å²) in [5.41, 5.74) is 0. The Kier molecular flexibility index (Phi) is 6.45. The van der Waals surface area contributed by atoms with E-state index in [2.05, 4.69) is 27.7 Å². The average molecular weight is 184 g/mol. The zero-order chi connectivity index (χ0) is 10.4. The van der Waals surface area contributed by atoms with Crippen LogP contribution in [-0.2, 0) is 0 Å². The highest BCUT2D eigenvalue weighted by Gasteiger charge is 2.28. The van der Waals surface area contributed by atoms with Gasteiger partial charge in [-0.05, 0) is 42.9 Å². The Labute approximate surface area is 85.1 Å². The van der Waals surface area contributed by atoms with Gasteiger partial charge >= 0.3 is 0 Å². The van der Waals surface area contributed by atoms with Crippen LogP contribution in [0.5, 0.6) is 0 Å². The molecule has 0 aliphatic heterocycles. The fraction of sp³-hybridized carbons (Fsp3) is 1.00. The fourth-order valence-corrected chi connectivity index (χ4v) is 2.26. The molecule has 0 aromatic heterocycles. The van der Waals surface area contributed by atoms with Gasteiger partial charge in [0.2, 0.25) is 0 Å². The van der Waals surface area contributed by atoms with Gasteiger partial charge in [0.25, 0.3) is 0 Å². The van der Waals surface area contributed by atoms with Crippen molar-refractivity contribution in [2.45, 2.75) is 60.8 Å². The highest BCUT2D eigenvalue weighted by molar-refractivity contribution is 4.78. The monoisotopic (exact) mass is 184 g/mol. The second-order valence-corrected chi connectivity index (χ2v) is 4.82. The van der Waals surface area contributed by atoms with Crippen LogP contribution in [0.2, 0.25) is 0 Å². The lowest BCUT2D eigenvalue weighted by molar-refractivity contribution is 0.340. The predicted octanol–water partition coefficient (Wildman–Crippen LogP) is 4.74. The first-order chi connectivity index (χ1) is 6.11. The number of hydrogen-bond acceptors (Lipinski definition) is 0. The van der Waals surface area contributed by atoms with Crippen LogP contribution in [0.1, 0.15) is 60.8 Å². The zero-order valence-corrected chi connectivity index (χ0v) is 10.4. The van der Waals surface area contributed by atoms with Crippen LogP contribution in [0.25, 0.3) is 0 Å². The molecule has 0 heteroatoms. The maximum atomic E-state index is 2.37. The number of rotatable bonds is 2. The lowest BCUT2D eigenvalue weighted by atomic mass is 9.89. The second-order valence-electron chi connectivity index (χ2n) is 4.82. The van der Waals surface area contributed by atoms with E-state index in [1.54, 1.807) is 0 Å². The summed E-state index contributed by atoms with van der Waals surface area (Å²) < 4.78 is 0. The Balaban J connectivity index is 0.000000671. The first kappa shape index (κ1) is 13.0. The van der Waals surface area contributed by atoms with Crippen LogP contribution in [0.15, 0.2) is 0 Å². The molecule has 2 atom stereocenters. The Hall–Kier alpha value is 0. The number of hydrogen-bond donors (Lipinski definition) is 0. The van der Waals surface area contributed by atoms with Gasteiger partial charge in [0, 0.05) is 0 Å². The molecule has 1 saturated carbocycles. The molecular formula is C13H28. The molecule has 0 aromatic rings. The molecule has 0 nitrogen and oxygen atoms in total. The minimum atomic E-state index is 0.916. The molecule has 0 spiro atoms. The molecular weight excluding hydrogens is 156 g/mol. The van der Waals surface area contributed by atoms with Crippen LogP contribution >= 0.6 is 0 Å². The van der Waals surface area contributed by atoms with E-state index in [0.717, 1.165) is 23.7 Å². The molecule has 0 saturated heterocycles. The van der Waals surface area contributed by atoms with Crippen molar-refractivity contribution in [3.8, 4) is 0 Å². The first-order valence-corrected chi connectivity index (χ1v) is 6.11. The van der Waals surface area contributed by atoms with Crippen molar-refractivity contribution in [3.63, 3.8) is 0 Å². The molecule has 0 unspecified atom stereocenters. The summed E-state index contributed by atoms with van der Waals surface area (Å²) in [7, 11) is 0. The minimum Gasteiger partial charge on any atom is -0.0683 e. The first-order valence-electron chi connectivity index (χ1n) is 6.11. The van der Waals surface area contributed by atoms with Crippen molar-refractivity contribution in [3.05, 3.63) is 0 Å². The smallest absolute Gasteiger partial charge is 0.0388 e. The topological polar surface area (TPSA) is 0 Å². The van der Waals surface area contributed by atoms with Crippen LogP contribution in [0.4, 0.5) is 0 Å². The molecule has 0 amide bonds. The van der Waals surface area contributed by atoms with Gasteiger partial charge in [-0.1, -0.05) is 41.5 Å². The Morgan fingerprint density at radius 1 is 0.769 bits per heavy atom. The van der Waals surface area contributed by atoms with Crippen molar-refractivity contribution >= 4 is 0 Å². The SMILES string of the molecule is CC.CC(C)[C@H]1CC[C@H](C(C)C)C1. The van der Waals surface area contributed by atoms with Crippen molar-refractivity contribution in [2.75, 3.05) is 0 Å². The van der Waals surface area contributed by atoms with Crippen LogP contribution in [0.3, 0.4) is 0 Å². The predicted molar refractivity (Wildman–Crippen MR) is 61.9 cm³/mol. The van der Waals surface area contributed by atoms with E-state index in [4.69, 9.17) is 0 Å². The molecule has 80 valence electrons. The molecule has 1 aliphatic rings. The molecule has 1 fully saturated rings. The lowest BCUT2D eigenvalue weighted by Gasteiger charge is -2.16. The Morgan fingerprint density at radius 2 is 1.08 bits per heavy atom. The van der Waals surface area contributed by atoms with E-state index in [9.17, 15) is 0 Å². The second kappa shape index (κ2) is 6.45. The standard InChI is InChI=1S/C11H22.C2H6/c1-8(2)10-5-6-11(7-10)9(3)4;1-2/h8-11H,5-7H2,1-4H3;1-2H3/t10-,11-;/m0./s1. The van der Waals surface area contributed by atoms with Gasteiger partial charge in [0.1, 0.15) is 0 Å². The Morgan fingerprint density at radius 3 is 1.23 bits per heavy atom.